The predicted octanol–water partition coefficient (Wildman–Crippen LogP) is 2.41. The number of benzene rings is 1. The van der Waals surface area contributed by atoms with Gasteiger partial charge in [0.25, 0.3) is 0 Å². The molecule has 16 heavy (non-hydrogen) atoms. The molecule has 1 aliphatic rings. The molecule has 1 aromatic carbocycles. The van der Waals surface area contributed by atoms with E-state index in [2.05, 4.69) is 15.9 Å². The van der Waals surface area contributed by atoms with Gasteiger partial charge in [-0.1, -0.05) is 17.7 Å². The standard InChI is InChI=1S/C11H12BrClN2O/c12-8-2-1-3-9(11(8)13)15-6-7(5-14)4-10(15)16/h1-3,7H,4-6,14H2. The highest BCUT2D eigenvalue weighted by Crippen LogP contribution is 2.35. The maximum atomic E-state index is 11.8. The van der Waals surface area contributed by atoms with E-state index < -0.39 is 0 Å². The van der Waals surface area contributed by atoms with Gasteiger partial charge in [0.15, 0.2) is 0 Å². The molecule has 86 valence electrons. The van der Waals surface area contributed by atoms with Gasteiger partial charge < -0.3 is 10.6 Å². The van der Waals surface area contributed by atoms with Crippen LogP contribution in [0.15, 0.2) is 22.7 Å². The molecule has 1 fully saturated rings. The molecule has 2 N–H and O–H groups in total. The van der Waals surface area contributed by atoms with Gasteiger partial charge in [0, 0.05) is 17.4 Å². The largest absolute Gasteiger partial charge is 0.330 e. The van der Waals surface area contributed by atoms with Gasteiger partial charge in [0.1, 0.15) is 0 Å². The molecule has 1 unspecified atom stereocenters. The van der Waals surface area contributed by atoms with Crippen molar-refractivity contribution in [3.63, 3.8) is 0 Å². The van der Waals surface area contributed by atoms with Crippen molar-refractivity contribution in [2.45, 2.75) is 6.42 Å². The number of hydrogen-bond donors (Lipinski definition) is 1. The van der Waals surface area contributed by atoms with Crippen LogP contribution in [-0.2, 0) is 4.79 Å². The molecule has 2 rings (SSSR count). The Hall–Kier alpha value is -0.580. The van der Waals surface area contributed by atoms with E-state index >= 15 is 0 Å². The average Bonchev–Trinajstić information content (AvgIpc) is 2.64. The Morgan fingerprint density at radius 2 is 2.31 bits per heavy atom. The number of carbonyl (C=O) groups excluding carboxylic acids is 1. The lowest BCUT2D eigenvalue weighted by Gasteiger charge is -2.18. The van der Waals surface area contributed by atoms with Gasteiger partial charge in [-0.25, -0.2) is 0 Å². The molecule has 3 nitrogen and oxygen atoms in total. The van der Waals surface area contributed by atoms with E-state index in [1.54, 1.807) is 4.90 Å². The third-order valence-corrected chi connectivity index (χ3v) is 4.05. The third-order valence-electron chi connectivity index (χ3n) is 2.76. The quantitative estimate of drug-likeness (QED) is 0.912. The molecular weight excluding hydrogens is 291 g/mol. The zero-order chi connectivity index (χ0) is 11.7. The first kappa shape index (κ1) is 11.9. The first-order valence-electron chi connectivity index (χ1n) is 5.08. The number of rotatable bonds is 2. The van der Waals surface area contributed by atoms with Gasteiger partial charge >= 0.3 is 0 Å². The Labute approximate surface area is 108 Å². The minimum atomic E-state index is 0.0930. The van der Waals surface area contributed by atoms with Crippen molar-refractivity contribution in [1.29, 1.82) is 0 Å². The first-order chi connectivity index (χ1) is 7.63. The van der Waals surface area contributed by atoms with Gasteiger partial charge in [0.05, 0.1) is 10.7 Å². The lowest BCUT2D eigenvalue weighted by Crippen LogP contribution is -2.26. The van der Waals surface area contributed by atoms with Crippen LogP contribution in [0.1, 0.15) is 6.42 Å². The predicted molar refractivity (Wildman–Crippen MR) is 68.7 cm³/mol. The number of carbonyl (C=O) groups is 1. The van der Waals surface area contributed by atoms with Gasteiger partial charge in [0.2, 0.25) is 5.91 Å². The Balaban J connectivity index is 2.31. The normalized spacial score (nSPS) is 20.6. The molecule has 0 bridgehead atoms. The van der Waals surface area contributed by atoms with Crippen molar-refractivity contribution in [1.82, 2.24) is 0 Å². The SMILES string of the molecule is NCC1CC(=O)N(c2cccc(Br)c2Cl)C1. The molecular formula is C11H12BrClN2O. The lowest BCUT2D eigenvalue weighted by molar-refractivity contribution is -0.117. The summed E-state index contributed by atoms with van der Waals surface area (Å²) in [5, 5.41) is 0.577. The monoisotopic (exact) mass is 302 g/mol. The van der Waals surface area contributed by atoms with E-state index in [4.69, 9.17) is 17.3 Å². The maximum Gasteiger partial charge on any atom is 0.227 e. The number of hydrogen-bond acceptors (Lipinski definition) is 2. The summed E-state index contributed by atoms with van der Waals surface area (Å²) in [5.41, 5.74) is 6.34. The number of halogens is 2. The molecule has 1 heterocycles. The van der Waals surface area contributed by atoms with Crippen LogP contribution >= 0.6 is 27.5 Å². The van der Waals surface area contributed by atoms with Gasteiger partial charge in [-0.3, -0.25) is 4.79 Å². The summed E-state index contributed by atoms with van der Waals surface area (Å²) < 4.78 is 0.802. The zero-order valence-corrected chi connectivity index (χ0v) is 11.0. The molecule has 0 aromatic heterocycles. The van der Waals surface area contributed by atoms with Gasteiger partial charge in [-0.2, -0.15) is 0 Å². The summed E-state index contributed by atoms with van der Waals surface area (Å²) in [4.78, 5) is 13.5. The number of nitrogens with zero attached hydrogens (tertiary/aromatic N) is 1. The van der Waals surface area contributed by atoms with Crippen LogP contribution in [0.3, 0.4) is 0 Å². The Morgan fingerprint density at radius 1 is 1.56 bits per heavy atom. The molecule has 5 heteroatoms. The van der Waals surface area contributed by atoms with E-state index in [1.165, 1.54) is 0 Å². The van der Waals surface area contributed by atoms with E-state index in [-0.39, 0.29) is 11.8 Å². The molecule has 1 atom stereocenters. The van der Waals surface area contributed by atoms with Crippen LogP contribution in [0.4, 0.5) is 5.69 Å². The van der Waals surface area contributed by atoms with Crippen LogP contribution in [-0.4, -0.2) is 19.0 Å². The number of amides is 1. The van der Waals surface area contributed by atoms with E-state index in [1.807, 2.05) is 18.2 Å². The number of nitrogens with two attached hydrogens (primary N) is 1. The van der Waals surface area contributed by atoms with Crippen molar-refractivity contribution in [3.8, 4) is 0 Å². The molecule has 0 radical (unpaired) electrons. The second kappa shape index (κ2) is 4.73. The molecule has 1 aromatic rings. The summed E-state index contributed by atoms with van der Waals surface area (Å²) in [7, 11) is 0. The van der Waals surface area contributed by atoms with E-state index in [0.29, 0.717) is 24.5 Å². The highest BCUT2D eigenvalue weighted by molar-refractivity contribution is 9.10. The lowest BCUT2D eigenvalue weighted by atomic mass is 10.1. The first-order valence-corrected chi connectivity index (χ1v) is 6.25. The third kappa shape index (κ3) is 2.10. The highest BCUT2D eigenvalue weighted by atomic mass is 79.9. The molecule has 0 aliphatic carbocycles. The molecule has 0 saturated carbocycles. The van der Waals surface area contributed by atoms with Crippen LogP contribution in [0.5, 0.6) is 0 Å². The van der Waals surface area contributed by atoms with Crippen molar-refractivity contribution >= 4 is 39.1 Å². The summed E-state index contributed by atoms with van der Waals surface area (Å²) in [6.07, 6.45) is 0.513. The summed E-state index contributed by atoms with van der Waals surface area (Å²) in [5.74, 6) is 0.331. The van der Waals surface area contributed by atoms with E-state index in [9.17, 15) is 4.79 Å². The Kier molecular flexibility index (Phi) is 3.52. The van der Waals surface area contributed by atoms with Crippen LogP contribution in [0.25, 0.3) is 0 Å². The molecule has 1 saturated heterocycles. The fraction of sp³-hybridized carbons (Fsp3) is 0.364. The summed E-state index contributed by atoms with van der Waals surface area (Å²) in [6, 6.07) is 5.57. The molecule has 1 amide bonds. The average molecular weight is 304 g/mol. The zero-order valence-electron chi connectivity index (χ0n) is 8.62. The van der Waals surface area contributed by atoms with Crippen LogP contribution in [0.2, 0.25) is 5.02 Å². The van der Waals surface area contributed by atoms with Crippen molar-refractivity contribution < 1.29 is 4.79 Å². The van der Waals surface area contributed by atoms with Gasteiger partial charge in [-0.15, -0.1) is 0 Å². The molecule has 0 spiro atoms. The summed E-state index contributed by atoms with van der Waals surface area (Å²) >= 11 is 9.51. The van der Waals surface area contributed by atoms with E-state index in [0.717, 1.165) is 10.2 Å². The minimum absolute atomic E-state index is 0.0930. The van der Waals surface area contributed by atoms with Crippen molar-refractivity contribution in [2.24, 2.45) is 11.7 Å². The number of anilines is 1. The summed E-state index contributed by atoms with van der Waals surface area (Å²) in [6.45, 7) is 1.19. The fourth-order valence-corrected chi connectivity index (χ4v) is 2.46. The molecule has 1 aliphatic heterocycles. The fourth-order valence-electron chi connectivity index (χ4n) is 1.87. The van der Waals surface area contributed by atoms with Crippen molar-refractivity contribution in [2.75, 3.05) is 18.0 Å². The topological polar surface area (TPSA) is 46.3 Å². The highest BCUT2D eigenvalue weighted by Gasteiger charge is 2.30. The second-order valence-corrected chi connectivity index (χ2v) is 5.12. The van der Waals surface area contributed by atoms with Crippen LogP contribution in [0, 0.1) is 5.92 Å². The Morgan fingerprint density at radius 3 is 2.94 bits per heavy atom. The Bertz CT molecular complexity index is 424. The minimum Gasteiger partial charge on any atom is -0.330 e. The van der Waals surface area contributed by atoms with Crippen molar-refractivity contribution in [3.05, 3.63) is 27.7 Å². The van der Waals surface area contributed by atoms with Gasteiger partial charge in [-0.05, 0) is 40.5 Å². The second-order valence-electron chi connectivity index (χ2n) is 3.88. The maximum absolute atomic E-state index is 11.8. The van der Waals surface area contributed by atoms with Crippen LogP contribution < -0.4 is 10.6 Å². The smallest absolute Gasteiger partial charge is 0.227 e.